The molecule has 0 spiro atoms. The first kappa shape index (κ1) is 14.3. The van der Waals surface area contributed by atoms with Gasteiger partial charge in [0.25, 0.3) is 0 Å². The highest BCUT2D eigenvalue weighted by atomic mass is 16.5. The number of hydrogen-bond acceptors (Lipinski definition) is 3. The van der Waals surface area contributed by atoms with Gasteiger partial charge in [0.1, 0.15) is 5.75 Å². The van der Waals surface area contributed by atoms with Gasteiger partial charge in [0, 0.05) is 11.6 Å². The Labute approximate surface area is 108 Å². The molecule has 0 fully saturated rings. The van der Waals surface area contributed by atoms with Gasteiger partial charge in [-0.25, -0.2) is 4.79 Å². The van der Waals surface area contributed by atoms with Crippen molar-refractivity contribution in [3.63, 3.8) is 0 Å². The normalized spacial score (nSPS) is 10.6. The van der Waals surface area contributed by atoms with E-state index >= 15 is 0 Å². The molecule has 0 aliphatic heterocycles. The van der Waals surface area contributed by atoms with E-state index in [1.807, 2.05) is 25.1 Å². The minimum absolute atomic E-state index is 0.366. The zero-order chi connectivity index (χ0) is 13.4. The molecule has 18 heavy (non-hydrogen) atoms. The standard InChI is InChI=1S/C15H20O3/c1-4-5-10-18-14-11-12(2)6-7-13(14)8-9-15(16)17-3/h6-9,11H,4-5,10H2,1-3H3. The van der Waals surface area contributed by atoms with Crippen LogP contribution in [0.15, 0.2) is 24.3 Å². The van der Waals surface area contributed by atoms with Gasteiger partial charge in [-0.1, -0.05) is 25.5 Å². The van der Waals surface area contributed by atoms with Crippen LogP contribution in [0.5, 0.6) is 5.75 Å². The van der Waals surface area contributed by atoms with Crippen molar-refractivity contribution in [2.45, 2.75) is 26.7 Å². The van der Waals surface area contributed by atoms with Crippen LogP contribution >= 0.6 is 0 Å². The van der Waals surface area contributed by atoms with Gasteiger partial charge in [0.2, 0.25) is 0 Å². The van der Waals surface area contributed by atoms with Crippen LogP contribution in [0, 0.1) is 6.92 Å². The lowest BCUT2D eigenvalue weighted by molar-refractivity contribution is -0.134. The first-order chi connectivity index (χ1) is 8.67. The Morgan fingerprint density at radius 1 is 1.39 bits per heavy atom. The predicted octanol–water partition coefficient (Wildman–Crippen LogP) is 3.36. The van der Waals surface area contributed by atoms with Crippen LogP contribution in [-0.2, 0) is 9.53 Å². The number of unbranched alkanes of at least 4 members (excludes halogenated alkanes) is 1. The van der Waals surface area contributed by atoms with E-state index in [9.17, 15) is 4.79 Å². The largest absolute Gasteiger partial charge is 0.493 e. The Bertz CT molecular complexity index is 422. The van der Waals surface area contributed by atoms with Crippen LogP contribution in [0.1, 0.15) is 30.9 Å². The summed E-state index contributed by atoms with van der Waals surface area (Å²) in [7, 11) is 1.36. The third-order valence-electron chi connectivity index (χ3n) is 2.52. The van der Waals surface area contributed by atoms with Gasteiger partial charge >= 0.3 is 5.97 Å². The van der Waals surface area contributed by atoms with Gasteiger partial charge in [0.15, 0.2) is 0 Å². The van der Waals surface area contributed by atoms with E-state index in [4.69, 9.17) is 4.74 Å². The molecule has 0 aliphatic rings. The van der Waals surface area contributed by atoms with Crippen molar-refractivity contribution >= 4 is 12.0 Å². The number of carbonyl (C=O) groups is 1. The van der Waals surface area contributed by atoms with Gasteiger partial charge in [-0.15, -0.1) is 0 Å². The van der Waals surface area contributed by atoms with Crippen LogP contribution in [0.4, 0.5) is 0 Å². The van der Waals surface area contributed by atoms with Crippen LogP contribution in [0.3, 0.4) is 0 Å². The maximum absolute atomic E-state index is 11.1. The highest BCUT2D eigenvalue weighted by molar-refractivity contribution is 5.87. The lowest BCUT2D eigenvalue weighted by Gasteiger charge is -2.09. The molecule has 0 unspecified atom stereocenters. The smallest absolute Gasteiger partial charge is 0.330 e. The average Bonchev–Trinajstić information content (AvgIpc) is 2.37. The van der Waals surface area contributed by atoms with E-state index < -0.39 is 0 Å². The monoisotopic (exact) mass is 248 g/mol. The molecule has 0 atom stereocenters. The van der Waals surface area contributed by atoms with Crippen molar-refractivity contribution in [3.05, 3.63) is 35.4 Å². The van der Waals surface area contributed by atoms with Gasteiger partial charge in [-0.05, 0) is 31.1 Å². The van der Waals surface area contributed by atoms with Gasteiger partial charge < -0.3 is 9.47 Å². The highest BCUT2D eigenvalue weighted by Gasteiger charge is 2.02. The summed E-state index contributed by atoms with van der Waals surface area (Å²) in [6, 6.07) is 5.91. The fourth-order valence-corrected chi connectivity index (χ4v) is 1.46. The predicted molar refractivity (Wildman–Crippen MR) is 72.6 cm³/mol. The number of ether oxygens (including phenoxy) is 2. The number of methoxy groups -OCH3 is 1. The first-order valence-electron chi connectivity index (χ1n) is 6.17. The number of benzene rings is 1. The summed E-state index contributed by atoms with van der Waals surface area (Å²) in [6.07, 6.45) is 5.23. The molecule has 0 N–H and O–H groups in total. The molecule has 0 amide bonds. The first-order valence-corrected chi connectivity index (χ1v) is 6.17. The molecule has 1 rings (SSSR count). The Morgan fingerprint density at radius 3 is 2.83 bits per heavy atom. The molecule has 0 bridgehead atoms. The Balaban J connectivity index is 2.82. The Kier molecular flexibility index (Phi) is 5.98. The van der Waals surface area contributed by atoms with E-state index in [1.54, 1.807) is 6.08 Å². The minimum atomic E-state index is -0.366. The summed E-state index contributed by atoms with van der Waals surface area (Å²) in [6.45, 7) is 4.83. The molecular weight excluding hydrogens is 228 g/mol. The molecule has 1 aromatic carbocycles. The second-order valence-corrected chi connectivity index (χ2v) is 4.10. The van der Waals surface area contributed by atoms with Crippen molar-refractivity contribution in [1.29, 1.82) is 0 Å². The lowest BCUT2D eigenvalue weighted by Crippen LogP contribution is -1.99. The van der Waals surface area contributed by atoms with Crippen LogP contribution in [0.25, 0.3) is 6.08 Å². The van der Waals surface area contributed by atoms with Crippen molar-refractivity contribution in [2.75, 3.05) is 13.7 Å². The number of carbonyl (C=O) groups excluding carboxylic acids is 1. The summed E-state index contributed by atoms with van der Waals surface area (Å²) in [5, 5.41) is 0. The molecule has 0 aromatic heterocycles. The zero-order valence-corrected chi connectivity index (χ0v) is 11.2. The summed E-state index contributed by atoms with van der Waals surface area (Å²) in [5.41, 5.74) is 2.03. The molecule has 0 saturated carbocycles. The highest BCUT2D eigenvalue weighted by Crippen LogP contribution is 2.22. The second-order valence-electron chi connectivity index (χ2n) is 4.10. The zero-order valence-electron chi connectivity index (χ0n) is 11.2. The summed E-state index contributed by atoms with van der Waals surface area (Å²) in [5.74, 6) is 0.443. The van der Waals surface area contributed by atoms with Crippen molar-refractivity contribution in [3.8, 4) is 5.75 Å². The lowest BCUT2D eigenvalue weighted by atomic mass is 10.1. The average molecular weight is 248 g/mol. The van der Waals surface area contributed by atoms with E-state index in [1.165, 1.54) is 13.2 Å². The molecule has 0 radical (unpaired) electrons. The molecule has 3 nitrogen and oxygen atoms in total. The van der Waals surface area contributed by atoms with Crippen molar-refractivity contribution in [2.24, 2.45) is 0 Å². The van der Waals surface area contributed by atoms with E-state index in [-0.39, 0.29) is 5.97 Å². The van der Waals surface area contributed by atoms with Crippen molar-refractivity contribution < 1.29 is 14.3 Å². The molecule has 0 heterocycles. The van der Waals surface area contributed by atoms with Gasteiger partial charge in [-0.2, -0.15) is 0 Å². The second kappa shape index (κ2) is 7.54. The van der Waals surface area contributed by atoms with Crippen molar-refractivity contribution in [1.82, 2.24) is 0 Å². The fourth-order valence-electron chi connectivity index (χ4n) is 1.46. The summed E-state index contributed by atoms with van der Waals surface area (Å²) < 4.78 is 10.3. The molecule has 3 heteroatoms. The quantitative estimate of drug-likeness (QED) is 0.440. The topological polar surface area (TPSA) is 35.5 Å². The Morgan fingerprint density at radius 2 is 2.17 bits per heavy atom. The van der Waals surface area contributed by atoms with Crippen LogP contribution in [0.2, 0.25) is 0 Å². The molecule has 1 aromatic rings. The third-order valence-corrected chi connectivity index (χ3v) is 2.52. The van der Waals surface area contributed by atoms with E-state index in [2.05, 4.69) is 11.7 Å². The minimum Gasteiger partial charge on any atom is -0.493 e. The molecular formula is C15H20O3. The fraction of sp³-hybridized carbons (Fsp3) is 0.400. The summed E-state index contributed by atoms with van der Waals surface area (Å²) >= 11 is 0. The van der Waals surface area contributed by atoms with Crippen LogP contribution in [-0.4, -0.2) is 19.7 Å². The maximum Gasteiger partial charge on any atom is 0.330 e. The number of rotatable bonds is 6. The molecule has 0 saturated heterocycles. The maximum atomic E-state index is 11.1. The molecule has 98 valence electrons. The number of hydrogen-bond donors (Lipinski definition) is 0. The third kappa shape index (κ3) is 4.62. The summed E-state index contributed by atoms with van der Waals surface area (Å²) in [4.78, 5) is 11.1. The van der Waals surface area contributed by atoms with Gasteiger partial charge in [0.05, 0.1) is 13.7 Å². The van der Waals surface area contributed by atoms with Crippen LogP contribution < -0.4 is 4.74 Å². The number of esters is 1. The molecule has 0 aliphatic carbocycles. The number of aryl methyl sites for hydroxylation is 1. The Hall–Kier alpha value is -1.77. The SMILES string of the molecule is CCCCOc1cc(C)ccc1C=CC(=O)OC. The van der Waals surface area contributed by atoms with E-state index in [0.717, 1.165) is 29.7 Å². The van der Waals surface area contributed by atoms with Gasteiger partial charge in [-0.3, -0.25) is 0 Å². The van der Waals surface area contributed by atoms with E-state index in [0.29, 0.717) is 6.61 Å².